The number of rotatable bonds is 5. The molecule has 0 aromatic heterocycles. The molecule has 0 aliphatic carbocycles. The van der Waals surface area contributed by atoms with E-state index in [2.05, 4.69) is 0 Å². The monoisotopic (exact) mass is 212 g/mol. The molecule has 4 heteroatoms. The number of carboxylic acid groups (broad SMARTS) is 1. The van der Waals surface area contributed by atoms with Gasteiger partial charge in [-0.2, -0.15) is 0 Å². The number of ether oxygens (including phenoxy) is 1. The van der Waals surface area contributed by atoms with Gasteiger partial charge < -0.3 is 9.84 Å². The summed E-state index contributed by atoms with van der Waals surface area (Å²) in [5.74, 6) is -0.740. The fraction of sp³-hybridized carbons (Fsp3) is 0.364. The summed E-state index contributed by atoms with van der Waals surface area (Å²) in [6.45, 7) is 1.53. The van der Waals surface area contributed by atoms with E-state index in [4.69, 9.17) is 9.84 Å². The van der Waals surface area contributed by atoms with Gasteiger partial charge in [0.1, 0.15) is 11.3 Å². The molecular weight excluding hydrogens is 199 g/mol. The third kappa shape index (κ3) is 3.23. The third-order valence-corrected chi connectivity index (χ3v) is 1.90. The van der Waals surface area contributed by atoms with Gasteiger partial charge in [0.2, 0.25) is 0 Å². The van der Waals surface area contributed by atoms with Crippen molar-refractivity contribution in [3.63, 3.8) is 0 Å². The van der Waals surface area contributed by atoms with Crippen molar-refractivity contribution < 1.29 is 19.0 Å². The average molecular weight is 212 g/mol. The zero-order valence-electron chi connectivity index (χ0n) is 8.50. The summed E-state index contributed by atoms with van der Waals surface area (Å²) in [6.07, 6.45) is 0.271. The van der Waals surface area contributed by atoms with E-state index in [-0.39, 0.29) is 18.6 Å². The number of benzene rings is 1. The minimum Gasteiger partial charge on any atom is -0.493 e. The maximum Gasteiger partial charge on any atom is 0.339 e. The van der Waals surface area contributed by atoms with Gasteiger partial charge in [-0.25, -0.2) is 4.79 Å². The van der Waals surface area contributed by atoms with Crippen LogP contribution >= 0.6 is 0 Å². The zero-order chi connectivity index (χ0) is 11.3. The van der Waals surface area contributed by atoms with E-state index in [1.807, 2.05) is 0 Å². The Hall–Kier alpha value is -1.58. The fourth-order valence-corrected chi connectivity index (χ4v) is 1.17. The molecule has 1 aromatic carbocycles. The van der Waals surface area contributed by atoms with Crippen molar-refractivity contribution >= 4 is 5.97 Å². The first-order valence-electron chi connectivity index (χ1n) is 4.68. The maximum atomic E-state index is 11.8. The smallest absolute Gasteiger partial charge is 0.339 e. The Balaban J connectivity index is 2.81. The van der Waals surface area contributed by atoms with E-state index in [1.165, 1.54) is 6.07 Å². The lowest BCUT2D eigenvalue weighted by molar-refractivity contribution is 0.0692. The van der Waals surface area contributed by atoms with Crippen LogP contribution in [0.2, 0.25) is 0 Å². The molecule has 15 heavy (non-hydrogen) atoms. The van der Waals surface area contributed by atoms with Gasteiger partial charge in [0.05, 0.1) is 13.3 Å². The zero-order valence-corrected chi connectivity index (χ0v) is 8.50. The first kappa shape index (κ1) is 11.5. The van der Waals surface area contributed by atoms with Crippen LogP contribution in [0.5, 0.6) is 5.75 Å². The van der Waals surface area contributed by atoms with Gasteiger partial charge in [-0.05, 0) is 19.1 Å². The standard InChI is InChI=1S/C11H13FO3/c1-8-3-4-10(15-6-2-5-12)9(7-8)11(13)14/h3-4,7H,2,5-6H2,1H3,(H,13,14). The van der Waals surface area contributed by atoms with E-state index in [0.29, 0.717) is 5.75 Å². The molecule has 0 fully saturated rings. The first-order chi connectivity index (χ1) is 7.15. The quantitative estimate of drug-likeness (QED) is 0.762. The Morgan fingerprint density at radius 1 is 1.53 bits per heavy atom. The van der Waals surface area contributed by atoms with E-state index in [1.54, 1.807) is 19.1 Å². The molecule has 0 aliphatic rings. The van der Waals surface area contributed by atoms with E-state index in [9.17, 15) is 9.18 Å². The van der Waals surface area contributed by atoms with Crippen molar-refractivity contribution in [2.45, 2.75) is 13.3 Å². The predicted octanol–water partition coefficient (Wildman–Crippen LogP) is 2.43. The lowest BCUT2D eigenvalue weighted by Crippen LogP contribution is -2.05. The Morgan fingerprint density at radius 2 is 2.27 bits per heavy atom. The van der Waals surface area contributed by atoms with Crippen molar-refractivity contribution in [1.82, 2.24) is 0 Å². The topological polar surface area (TPSA) is 46.5 Å². The van der Waals surface area contributed by atoms with Gasteiger partial charge in [-0.1, -0.05) is 11.6 Å². The lowest BCUT2D eigenvalue weighted by atomic mass is 10.1. The van der Waals surface area contributed by atoms with Crippen LogP contribution < -0.4 is 4.74 Å². The van der Waals surface area contributed by atoms with Crippen molar-refractivity contribution in [2.24, 2.45) is 0 Å². The molecule has 0 spiro atoms. The van der Waals surface area contributed by atoms with E-state index < -0.39 is 12.6 Å². The minimum absolute atomic E-state index is 0.119. The van der Waals surface area contributed by atoms with Crippen LogP contribution in [-0.4, -0.2) is 24.4 Å². The second-order valence-electron chi connectivity index (χ2n) is 3.20. The number of halogens is 1. The molecule has 1 rings (SSSR count). The van der Waals surface area contributed by atoms with E-state index in [0.717, 1.165) is 5.56 Å². The number of carbonyl (C=O) groups is 1. The fourth-order valence-electron chi connectivity index (χ4n) is 1.17. The second kappa shape index (κ2) is 5.34. The largest absolute Gasteiger partial charge is 0.493 e. The van der Waals surface area contributed by atoms with Crippen LogP contribution in [0.25, 0.3) is 0 Å². The maximum absolute atomic E-state index is 11.8. The molecule has 0 heterocycles. The molecule has 3 nitrogen and oxygen atoms in total. The predicted molar refractivity (Wildman–Crippen MR) is 54.2 cm³/mol. The van der Waals surface area contributed by atoms with Gasteiger partial charge >= 0.3 is 5.97 Å². The first-order valence-corrected chi connectivity index (χ1v) is 4.68. The molecule has 0 saturated carbocycles. The van der Waals surface area contributed by atoms with Crippen LogP contribution in [0.1, 0.15) is 22.3 Å². The van der Waals surface area contributed by atoms with Crippen LogP contribution in [-0.2, 0) is 0 Å². The molecule has 0 bridgehead atoms. The second-order valence-corrected chi connectivity index (χ2v) is 3.20. The Morgan fingerprint density at radius 3 is 2.87 bits per heavy atom. The highest BCUT2D eigenvalue weighted by Crippen LogP contribution is 2.20. The molecule has 82 valence electrons. The highest BCUT2D eigenvalue weighted by Gasteiger charge is 2.10. The molecule has 0 amide bonds. The highest BCUT2D eigenvalue weighted by atomic mass is 19.1. The Kier molecular flexibility index (Phi) is 4.09. The third-order valence-electron chi connectivity index (χ3n) is 1.90. The summed E-state index contributed by atoms with van der Waals surface area (Å²) in [5.41, 5.74) is 0.971. The summed E-state index contributed by atoms with van der Waals surface area (Å²) in [7, 11) is 0. The SMILES string of the molecule is Cc1ccc(OCCCF)c(C(=O)O)c1. The molecule has 0 aliphatic heterocycles. The molecule has 0 atom stereocenters. The number of hydrogen-bond donors (Lipinski definition) is 1. The lowest BCUT2D eigenvalue weighted by Gasteiger charge is -2.08. The van der Waals surface area contributed by atoms with Gasteiger partial charge in [-0.3, -0.25) is 4.39 Å². The van der Waals surface area contributed by atoms with E-state index >= 15 is 0 Å². The van der Waals surface area contributed by atoms with Gasteiger partial charge in [0, 0.05) is 6.42 Å². The summed E-state index contributed by atoms with van der Waals surface area (Å²) in [5, 5.41) is 8.89. The minimum atomic E-state index is -1.03. The van der Waals surface area contributed by atoms with Crippen molar-refractivity contribution in [1.29, 1.82) is 0 Å². The number of carboxylic acids is 1. The molecule has 0 saturated heterocycles. The van der Waals surface area contributed by atoms with Crippen LogP contribution in [0, 0.1) is 6.92 Å². The Labute approximate surface area is 87.5 Å². The molecule has 0 unspecified atom stereocenters. The highest BCUT2D eigenvalue weighted by molar-refractivity contribution is 5.91. The van der Waals surface area contributed by atoms with Crippen molar-refractivity contribution in [2.75, 3.05) is 13.3 Å². The summed E-state index contributed by atoms with van der Waals surface area (Å²) in [4.78, 5) is 10.9. The molecule has 1 N–H and O–H groups in total. The number of alkyl halides is 1. The van der Waals surface area contributed by atoms with Crippen LogP contribution in [0.3, 0.4) is 0 Å². The average Bonchev–Trinajstić information content (AvgIpc) is 2.20. The number of hydrogen-bond acceptors (Lipinski definition) is 2. The summed E-state index contributed by atoms with van der Waals surface area (Å²) >= 11 is 0. The molecular formula is C11H13FO3. The Bertz CT molecular complexity index is 350. The van der Waals surface area contributed by atoms with Crippen LogP contribution in [0.4, 0.5) is 4.39 Å². The number of aromatic carboxylic acids is 1. The molecule has 0 radical (unpaired) electrons. The van der Waals surface area contributed by atoms with Crippen molar-refractivity contribution in [3.8, 4) is 5.75 Å². The number of aryl methyl sites for hydroxylation is 1. The van der Waals surface area contributed by atoms with Crippen molar-refractivity contribution in [3.05, 3.63) is 29.3 Å². The van der Waals surface area contributed by atoms with Gasteiger partial charge in [0.25, 0.3) is 0 Å². The van der Waals surface area contributed by atoms with Gasteiger partial charge in [0.15, 0.2) is 0 Å². The summed E-state index contributed by atoms with van der Waals surface area (Å²) in [6, 6.07) is 4.89. The van der Waals surface area contributed by atoms with Gasteiger partial charge in [-0.15, -0.1) is 0 Å². The molecule has 1 aromatic rings. The summed E-state index contributed by atoms with van der Waals surface area (Å²) < 4.78 is 17.0. The normalized spacial score (nSPS) is 10.0. The van der Waals surface area contributed by atoms with Crippen LogP contribution in [0.15, 0.2) is 18.2 Å².